The molecule has 1 saturated heterocycles. The number of H-pyrrole nitrogens is 1. The Morgan fingerprint density at radius 2 is 1.64 bits per heavy atom. The fourth-order valence-electron chi connectivity index (χ4n) is 3.10. The third kappa shape index (κ3) is 5.87. The van der Waals surface area contributed by atoms with Gasteiger partial charge in [0.15, 0.2) is 22.9 Å². The normalized spacial score (nSPS) is 27.2. The average molecular weight is 540 g/mol. The Kier molecular flexibility index (Phi) is 8.34. The molecular formula is C22H40Cl2N2O5Si2. The van der Waals surface area contributed by atoms with E-state index in [2.05, 4.69) is 72.7 Å². The van der Waals surface area contributed by atoms with Crippen LogP contribution in [0.15, 0.2) is 21.9 Å². The van der Waals surface area contributed by atoms with Gasteiger partial charge in [-0.2, -0.15) is 0 Å². The van der Waals surface area contributed by atoms with Crippen LogP contribution in [0.5, 0.6) is 0 Å². The van der Waals surface area contributed by atoms with E-state index >= 15 is 0 Å². The quantitative estimate of drug-likeness (QED) is 0.387. The topological polar surface area (TPSA) is 82.5 Å². The molecule has 11 heteroatoms. The molecule has 0 spiro atoms. The standard InChI is InChI=1S/C22H40Cl2N2O5Si2/c1-20(2,3)32(7,8)29-14-22(13-23)17(31-33(9,10)21(4,5)6)16(24)18(30-22)26-12-11-15(27)25-19(26)28/h11-12,16-18H,13-14H2,1-10H3,(H,25,27,28)/t16-,17?,18-,22-/m1/s1. The van der Waals surface area contributed by atoms with Crippen molar-refractivity contribution in [1.29, 1.82) is 0 Å². The van der Waals surface area contributed by atoms with Gasteiger partial charge in [-0.3, -0.25) is 14.3 Å². The van der Waals surface area contributed by atoms with Crippen LogP contribution >= 0.6 is 23.2 Å². The first-order valence-electron chi connectivity index (χ1n) is 11.3. The molecule has 190 valence electrons. The average Bonchev–Trinajstić information content (AvgIpc) is 2.91. The van der Waals surface area contributed by atoms with E-state index in [0.29, 0.717) is 0 Å². The molecule has 2 rings (SSSR count). The minimum Gasteiger partial charge on any atom is -0.414 e. The number of aromatic amines is 1. The van der Waals surface area contributed by atoms with Gasteiger partial charge < -0.3 is 13.6 Å². The largest absolute Gasteiger partial charge is 0.414 e. The van der Waals surface area contributed by atoms with E-state index in [1.165, 1.54) is 16.8 Å². The van der Waals surface area contributed by atoms with Gasteiger partial charge in [-0.05, 0) is 36.3 Å². The molecule has 0 amide bonds. The van der Waals surface area contributed by atoms with Crippen LogP contribution < -0.4 is 11.2 Å². The van der Waals surface area contributed by atoms with Gasteiger partial charge in [0.05, 0.1) is 18.6 Å². The first kappa shape index (κ1) is 28.8. The Hall–Kier alpha value is -0.426. The summed E-state index contributed by atoms with van der Waals surface area (Å²) in [5, 5.41) is -0.802. The van der Waals surface area contributed by atoms with Gasteiger partial charge in [0.2, 0.25) is 0 Å². The van der Waals surface area contributed by atoms with Crippen molar-refractivity contribution in [3.8, 4) is 0 Å². The van der Waals surface area contributed by atoms with E-state index in [-0.39, 0.29) is 22.6 Å². The highest BCUT2D eigenvalue weighted by atomic mass is 35.5. The summed E-state index contributed by atoms with van der Waals surface area (Å²) in [7, 11) is -4.44. The third-order valence-electron chi connectivity index (χ3n) is 7.50. The number of hydrogen-bond donors (Lipinski definition) is 1. The summed E-state index contributed by atoms with van der Waals surface area (Å²) < 4.78 is 21.1. The number of nitrogens with one attached hydrogen (secondary N) is 1. The molecule has 1 unspecified atom stereocenters. The number of alkyl halides is 2. The van der Waals surface area contributed by atoms with Crippen LogP contribution in [0.1, 0.15) is 47.8 Å². The maximum Gasteiger partial charge on any atom is 0.330 e. The summed E-state index contributed by atoms with van der Waals surface area (Å²) in [6.07, 6.45) is -0.0809. The first-order chi connectivity index (χ1) is 14.8. The highest BCUT2D eigenvalue weighted by Gasteiger charge is 2.59. The van der Waals surface area contributed by atoms with E-state index < -0.39 is 51.2 Å². The molecule has 0 aliphatic carbocycles. The minimum absolute atomic E-state index is 0.00941. The van der Waals surface area contributed by atoms with Crippen LogP contribution in [-0.4, -0.2) is 55.8 Å². The Morgan fingerprint density at radius 1 is 1.09 bits per heavy atom. The Balaban J connectivity index is 2.54. The lowest BCUT2D eigenvalue weighted by Gasteiger charge is -2.44. The molecule has 1 aromatic heterocycles. The maximum atomic E-state index is 12.6. The fraction of sp³-hybridized carbons (Fsp3) is 0.818. The van der Waals surface area contributed by atoms with Crippen molar-refractivity contribution in [1.82, 2.24) is 9.55 Å². The van der Waals surface area contributed by atoms with Gasteiger partial charge >= 0.3 is 5.69 Å². The summed E-state index contributed by atoms with van der Waals surface area (Å²) in [4.78, 5) is 26.4. The number of hydrogen-bond acceptors (Lipinski definition) is 5. The summed E-state index contributed by atoms with van der Waals surface area (Å²) >= 11 is 13.5. The van der Waals surface area contributed by atoms with Crippen LogP contribution in [0.2, 0.25) is 36.3 Å². The van der Waals surface area contributed by atoms with Crippen LogP contribution in [0.25, 0.3) is 0 Å². The Morgan fingerprint density at radius 3 is 2.09 bits per heavy atom. The first-order valence-corrected chi connectivity index (χ1v) is 18.1. The maximum absolute atomic E-state index is 12.6. The zero-order valence-electron chi connectivity index (χ0n) is 21.5. The molecule has 33 heavy (non-hydrogen) atoms. The summed E-state index contributed by atoms with van der Waals surface area (Å²) in [6.45, 7) is 21.8. The predicted octanol–water partition coefficient (Wildman–Crippen LogP) is 5.06. The molecule has 4 atom stereocenters. The van der Waals surface area contributed by atoms with E-state index in [1.54, 1.807) is 0 Å². The molecule has 1 fully saturated rings. The van der Waals surface area contributed by atoms with Crippen molar-refractivity contribution in [2.45, 2.75) is 101 Å². The van der Waals surface area contributed by atoms with E-state index in [4.69, 9.17) is 36.8 Å². The number of ether oxygens (including phenoxy) is 1. The lowest BCUT2D eigenvalue weighted by Crippen LogP contribution is -2.57. The molecule has 0 radical (unpaired) electrons. The molecule has 1 N–H and O–H groups in total. The molecule has 0 saturated carbocycles. The Bertz CT molecular complexity index is 952. The van der Waals surface area contributed by atoms with Crippen molar-refractivity contribution < 1.29 is 13.6 Å². The van der Waals surface area contributed by atoms with Crippen molar-refractivity contribution >= 4 is 39.8 Å². The summed E-state index contributed by atoms with van der Waals surface area (Å²) in [5.74, 6) is 0.0821. The molecule has 1 aliphatic rings. The van der Waals surface area contributed by atoms with Crippen molar-refractivity contribution in [2.75, 3.05) is 12.5 Å². The monoisotopic (exact) mass is 538 g/mol. The van der Waals surface area contributed by atoms with Gasteiger partial charge in [0.1, 0.15) is 11.0 Å². The molecule has 7 nitrogen and oxygen atoms in total. The van der Waals surface area contributed by atoms with Crippen LogP contribution in [0.4, 0.5) is 0 Å². The van der Waals surface area contributed by atoms with Crippen molar-refractivity contribution in [3.05, 3.63) is 33.1 Å². The predicted molar refractivity (Wildman–Crippen MR) is 140 cm³/mol. The lowest BCUT2D eigenvalue weighted by atomic mass is 10.00. The third-order valence-corrected chi connectivity index (χ3v) is 17.3. The van der Waals surface area contributed by atoms with Crippen LogP contribution in [0.3, 0.4) is 0 Å². The van der Waals surface area contributed by atoms with Gasteiger partial charge in [-0.15, -0.1) is 23.2 Å². The van der Waals surface area contributed by atoms with E-state index in [1.807, 2.05) is 0 Å². The van der Waals surface area contributed by atoms with Gasteiger partial charge in [0, 0.05) is 12.3 Å². The summed E-state index contributed by atoms with van der Waals surface area (Å²) in [5.41, 5.74) is -2.14. The fourth-order valence-corrected chi connectivity index (χ4v) is 6.32. The zero-order chi connectivity index (χ0) is 25.6. The molecule has 1 aromatic rings. The highest BCUT2D eigenvalue weighted by molar-refractivity contribution is 6.74. The number of halogens is 2. The summed E-state index contributed by atoms with van der Waals surface area (Å²) in [6, 6.07) is 1.27. The molecule has 2 heterocycles. The van der Waals surface area contributed by atoms with Gasteiger partial charge in [-0.1, -0.05) is 41.5 Å². The zero-order valence-corrected chi connectivity index (χ0v) is 25.1. The van der Waals surface area contributed by atoms with E-state index in [0.717, 1.165) is 0 Å². The number of rotatable bonds is 7. The lowest BCUT2D eigenvalue weighted by molar-refractivity contribution is -0.109. The smallest absolute Gasteiger partial charge is 0.330 e. The Labute approximate surface area is 209 Å². The number of nitrogens with zero attached hydrogens (tertiary/aromatic N) is 1. The van der Waals surface area contributed by atoms with Crippen LogP contribution in [-0.2, 0) is 13.6 Å². The van der Waals surface area contributed by atoms with E-state index in [9.17, 15) is 9.59 Å². The second kappa shape index (κ2) is 9.56. The van der Waals surface area contributed by atoms with Crippen molar-refractivity contribution in [2.24, 2.45) is 0 Å². The molecule has 0 bridgehead atoms. The molecular weight excluding hydrogens is 499 g/mol. The van der Waals surface area contributed by atoms with Gasteiger partial charge in [0.25, 0.3) is 5.56 Å². The molecule has 0 aromatic carbocycles. The highest BCUT2D eigenvalue weighted by Crippen LogP contribution is 2.48. The van der Waals surface area contributed by atoms with Gasteiger partial charge in [-0.25, -0.2) is 4.79 Å². The minimum atomic E-state index is -2.29. The molecule has 1 aliphatic heterocycles. The van der Waals surface area contributed by atoms with Crippen molar-refractivity contribution in [3.63, 3.8) is 0 Å². The second-order valence-electron chi connectivity index (χ2n) is 12.0. The SMILES string of the molecule is CC(C)(C)[Si](C)(C)OC[C@@]1(CCl)O[C@@H](n2ccc(=O)[nH]c2=O)[C@H](Cl)C1O[Si](C)(C)C(C)(C)C. The van der Waals surface area contributed by atoms with Crippen LogP contribution in [0, 0.1) is 0 Å². The number of aromatic nitrogens is 2. The second-order valence-corrected chi connectivity index (χ2v) is 22.4.